The highest BCUT2D eigenvalue weighted by Crippen LogP contribution is 2.18. The van der Waals surface area contributed by atoms with Crippen LogP contribution in [0.25, 0.3) is 0 Å². The third kappa shape index (κ3) is 5.71. The number of carbonyl (C=O) groups is 2. The molecule has 1 aromatic rings. The van der Waals surface area contributed by atoms with Crippen LogP contribution in [0.3, 0.4) is 0 Å². The molecule has 0 fully saturated rings. The maximum absolute atomic E-state index is 10.6. The second-order valence-electron chi connectivity index (χ2n) is 4.21. The second-order valence-corrected chi connectivity index (χ2v) is 4.21. The SMILES string of the molecule is CC(=O)OCCCCOc1ccc([C@@H](O)C(=O)O)cc1. The van der Waals surface area contributed by atoms with Crippen molar-refractivity contribution >= 4 is 11.9 Å². The number of benzene rings is 1. The molecule has 0 radical (unpaired) electrons. The van der Waals surface area contributed by atoms with Crippen molar-refractivity contribution in [3.8, 4) is 5.75 Å². The first kappa shape index (κ1) is 16.0. The van der Waals surface area contributed by atoms with Crippen LogP contribution in [0, 0.1) is 0 Å². The fourth-order valence-electron chi connectivity index (χ4n) is 1.50. The van der Waals surface area contributed by atoms with Crippen molar-refractivity contribution in [2.24, 2.45) is 0 Å². The monoisotopic (exact) mass is 282 g/mol. The number of unbranched alkanes of at least 4 members (excludes halogenated alkanes) is 1. The molecule has 0 aliphatic rings. The van der Waals surface area contributed by atoms with E-state index in [1.54, 1.807) is 12.1 Å². The lowest BCUT2D eigenvalue weighted by molar-refractivity contribution is -0.147. The standard InChI is InChI=1S/C14H18O6/c1-10(15)19-8-2-3-9-20-12-6-4-11(5-7-12)13(16)14(17)18/h4-7,13,16H,2-3,8-9H2,1H3,(H,17,18)/t13-/m1/s1. The van der Waals surface area contributed by atoms with Crippen molar-refractivity contribution in [3.63, 3.8) is 0 Å². The molecule has 1 aromatic carbocycles. The lowest BCUT2D eigenvalue weighted by Gasteiger charge is -2.09. The first-order valence-electron chi connectivity index (χ1n) is 6.27. The number of aliphatic carboxylic acids is 1. The first-order valence-corrected chi connectivity index (χ1v) is 6.27. The van der Waals surface area contributed by atoms with Gasteiger partial charge in [0.15, 0.2) is 6.10 Å². The zero-order valence-electron chi connectivity index (χ0n) is 11.2. The van der Waals surface area contributed by atoms with Gasteiger partial charge in [-0.15, -0.1) is 0 Å². The Morgan fingerprint density at radius 3 is 2.30 bits per heavy atom. The van der Waals surface area contributed by atoms with Gasteiger partial charge in [0.25, 0.3) is 0 Å². The molecule has 0 amide bonds. The predicted octanol–water partition coefficient (Wildman–Crippen LogP) is 1.53. The maximum atomic E-state index is 10.6. The van der Waals surface area contributed by atoms with E-state index in [-0.39, 0.29) is 5.97 Å². The van der Waals surface area contributed by atoms with Gasteiger partial charge in [0.1, 0.15) is 5.75 Å². The van der Waals surface area contributed by atoms with E-state index >= 15 is 0 Å². The minimum absolute atomic E-state index is 0.293. The topological polar surface area (TPSA) is 93.1 Å². The molecule has 20 heavy (non-hydrogen) atoms. The van der Waals surface area contributed by atoms with Crippen molar-refractivity contribution in [3.05, 3.63) is 29.8 Å². The van der Waals surface area contributed by atoms with E-state index in [2.05, 4.69) is 0 Å². The fourth-order valence-corrected chi connectivity index (χ4v) is 1.50. The van der Waals surface area contributed by atoms with Crippen LogP contribution < -0.4 is 4.74 Å². The summed E-state index contributed by atoms with van der Waals surface area (Å²) in [5.74, 6) is -0.985. The number of carboxylic acid groups (broad SMARTS) is 1. The minimum Gasteiger partial charge on any atom is -0.494 e. The molecule has 0 aliphatic carbocycles. The Labute approximate surface area is 116 Å². The molecule has 6 heteroatoms. The van der Waals surface area contributed by atoms with Gasteiger partial charge >= 0.3 is 11.9 Å². The molecule has 6 nitrogen and oxygen atoms in total. The summed E-state index contributed by atoms with van der Waals surface area (Å²) in [4.78, 5) is 21.1. The van der Waals surface area contributed by atoms with Crippen LogP contribution in [-0.2, 0) is 14.3 Å². The Morgan fingerprint density at radius 2 is 1.75 bits per heavy atom. The number of carboxylic acids is 1. The molecule has 0 saturated heterocycles. The van der Waals surface area contributed by atoms with Gasteiger partial charge in [0.05, 0.1) is 13.2 Å². The summed E-state index contributed by atoms with van der Waals surface area (Å²) in [6, 6.07) is 6.22. The van der Waals surface area contributed by atoms with Gasteiger partial charge in [-0.05, 0) is 30.5 Å². The van der Waals surface area contributed by atoms with E-state index in [1.807, 2.05) is 0 Å². The van der Waals surface area contributed by atoms with Gasteiger partial charge in [-0.1, -0.05) is 12.1 Å². The van der Waals surface area contributed by atoms with Gasteiger partial charge in [-0.3, -0.25) is 4.79 Å². The van der Waals surface area contributed by atoms with Crippen LogP contribution in [0.4, 0.5) is 0 Å². The predicted molar refractivity (Wildman–Crippen MR) is 70.4 cm³/mol. The van der Waals surface area contributed by atoms with E-state index in [1.165, 1.54) is 19.1 Å². The Morgan fingerprint density at radius 1 is 1.15 bits per heavy atom. The normalized spacial score (nSPS) is 11.7. The number of ether oxygens (including phenoxy) is 2. The smallest absolute Gasteiger partial charge is 0.337 e. The van der Waals surface area contributed by atoms with Crippen LogP contribution in [0.1, 0.15) is 31.4 Å². The highest BCUT2D eigenvalue weighted by atomic mass is 16.5. The number of esters is 1. The van der Waals surface area contributed by atoms with E-state index < -0.39 is 12.1 Å². The van der Waals surface area contributed by atoms with Gasteiger partial charge in [0, 0.05) is 6.92 Å². The second kappa shape index (κ2) is 8.16. The molecule has 110 valence electrons. The number of hydrogen-bond acceptors (Lipinski definition) is 5. The quantitative estimate of drug-likeness (QED) is 0.555. The van der Waals surface area contributed by atoms with Gasteiger partial charge in [-0.25, -0.2) is 4.79 Å². The molecular formula is C14H18O6. The molecule has 2 N–H and O–H groups in total. The molecule has 0 heterocycles. The molecule has 0 unspecified atom stereocenters. The van der Waals surface area contributed by atoms with Crippen LogP contribution >= 0.6 is 0 Å². The van der Waals surface area contributed by atoms with Crippen LogP contribution in [0.15, 0.2) is 24.3 Å². The van der Waals surface area contributed by atoms with Gasteiger partial charge in [0.2, 0.25) is 0 Å². The first-order chi connectivity index (χ1) is 9.50. The molecular weight excluding hydrogens is 264 g/mol. The molecule has 0 bridgehead atoms. The number of rotatable bonds is 8. The van der Waals surface area contributed by atoms with Crippen molar-refractivity contribution in [2.75, 3.05) is 13.2 Å². The number of carbonyl (C=O) groups excluding carboxylic acids is 1. The molecule has 1 rings (SSSR count). The molecule has 0 aliphatic heterocycles. The highest BCUT2D eigenvalue weighted by Gasteiger charge is 2.15. The van der Waals surface area contributed by atoms with E-state index in [4.69, 9.17) is 14.6 Å². The van der Waals surface area contributed by atoms with Crippen molar-refractivity contribution < 1.29 is 29.3 Å². The maximum Gasteiger partial charge on any atom is 0.337 e. The zero-order valence-corrected chi connectivity index (χ0v) is 11.2. The molecule has 0 aromatic heterocycles. The number of hydrogen-bond donors (Lipinski definition) is 2. The summed E-state index contributed by atoms with van der Waals surface area (Å²) in [5, 5.41) is 18.0. The van der Waals surface area contributed by atoms with Crippen LogP contribution in [0.2, 0.25) is 0 Å². The van der Waals surface area contributed by atoms with Crippen LogP contribution in [-0.4, -0.2) is 35.4 Å². The summed E-state index contributed by atoms with van der Waals surface area (Å²) in [7, 11) is 0. The Kier molecular flexibility index (Phi) is 6.52. The summed E-state index contributed by atoms with van der Waals surface area (Å²) in [6.07, 6.45) is -0.0601. The molecule has 1 atom stereocenters. The number of aliphatic hydroxyl groups is 1. The molecule has 0 spiro atoms. The number of aliphatic hydroxyl groups excluding tert-OH is 1. The third-order valence-corrected chi connectivity index (χ3v) is 2.54. The third-order valence-electron chi connectivity index (χ3n) is 2.54. The zero-order chi connectivity index (χ0) is 15.0. The van der Waals surface area contributed by atoms with Crippen molar-refractivity contribution in [1.29, 1.82) is 0 Å². The van der Waals surface area contributed by atoms with Crippen molar-refractivity contribution in [2.45, 2.75) is 25.9 Å². The lowest BCUT2D eigenvalue weighted by Crippen LogP contribution is -2.10. The minimum atomic E-state index is -1.52. The van der Waals surface area contributed by atoms with Crippen LogP contribution in [0.5, 0.6) is 5.75 Å². The lowest BCUT2D eigenvalue weighted by atomic mass is 10.1. The summed E-state index contributed by atoms with van der Waals surface area (Å²) in [5.41, 5.74) is 0.305. The highest BCUT2D eigenvalue weighted by molar-refractivity contribution is 5.74. The summed E-state index contributed by atoms with van der Waals surface area (Å²) < 4.78 is 10.2. The van der Waals surface area contributed by atoms with E-state index in [0.29, 0.717) is 24.5 Å². The summed E-state index contributed by atoms with van der Waals surface area (Å²) >= 11 is 0. The Balaban J connectivity index is 2.28. The average Bonchev–Trinajstić information content (AvgIpc) is 2.42. The molecule has 0 saturated carbocycles. The fraction of sp³-hybridized carbons (Fsp3) is 0.429. The Hall–Kier alpha value is -2.08. The van der Waals surface area contributed by atoms with Gasteiger partial charge in [-0.2, -0.15) is 0 Å². The average molecular weight is 282 g/mol. The largest absolute Gasteiger partial charge is 0.494 e. The van der Waals surface area contributed by atoms with Gasteiger partial charge < -0.3 is 19.7 Å². The van der Waals surface area contributed by atoms with E-state index in [0.717, 1.165) is 12.8 Å². The van der Waals surface area contributed by atoms with Crippen molar-refractivity contribution in [1.82, 2.24) is 0 Å². The summed E-state index contributed by atoms with van der Waals surface area (Å²) in [6.45, 7) is 2.22. The van der Waals surface area contributed by atoms with E-state index in [9.17, 15) is 14.7 Å². The Bertz CT molecular complexity index is 439.